The van der Waals surface area contributed by atoms with Gasteiger partial charge in [-0.1, -0.05) is 0 Å². The molecule has 2 rings (SSSR count). The van der Waals surface area contributed by atoms with Crippen LogP contribution in [0, 0.1) is 19.7 Å². The van der Waals surface area contributed by atoms with Gasteiger partial charge >= 0.3 is 0 Å². The largest absolute Gasteiger partial charge is 0.278 e. The Labute approximate surface area is 69.4 Å². The van der Waals surface area contributed by atoms with Crippen molar-refractivity contribution in [3.05, 3.63) is 29.2 Å². The predicted octanol–water partition coefficient (Wildman–Crippen LogP) is 2.32. The normalized spacial score (nSPS) is 10.9. The SMILES string of the molecule is Cc1cc2[nH]ncc2c(C)c1F. The highest BCUT2D eigenvalue weighted by Crippen LogP contribution is 2.21. The Morgan fingerprint density at radius 3 is 2.92 bits per heavy atom. The standard InChI is InChI=1S/C9H9FN2/c1-5-3-8-7(4-11-12-8)6(2)9(5)10/h3-4H,1-2H3,(H,11,12). The summed E-state index contributed by atoms with van der Waals surface area (Å²) in [5.41, 5.74) is 2.22. The Balaban J connectivity index is 2.94. The summed E-state index contributed by atoms with van der Waals surface area (Å²) < 4.78 is 13.3. The zero-order chi connectivity index (χ0) is 8.72. The minimum Gasteiger partial charge on any atom is -0.278 e. The van der Waals surface area contributed by atoms with Crippen LogP contribution in [-0.4, -0.2) is 10.2 Å². The number of halogens is 1. The van der Waals surface area contributed by atoms with Gasteiger partial charge in [-0.2, -0.15) is 5.10 Å². The van der Waals surface area contributed by atoms with E-state index in [0.29, 0.717) is 11.1 Å². The second-order valence-electron chi connectivity index (χ2n) is 2.96. The lowest BCUT2D eigenvalue weighted by atomic mass is 10.1. The molecule has 0 bridgehead atoms. The molecule has 0 radical (unpaired) electrons. The molecule has 0 saturated heterocycles. The first kappa shape index (κ1) is 7.28. The first-order chi connectivity index (χ1) is 5.70. The zero-order valence-corrected chi connectivity index (χ0v) is 6.98. The fourth-order valence-electron chi connectivity index (χ4n) is 1.40. The highest BCUT2D eigenvalue weighted by atomic mass is 19.1. The van der Waals surface area contributed by atoms with Gasteiger partial charge in [-0.15, -0.1) is 0 Å². The third-order valence-electron chi connectivity index (χ3n) is 2.11. The molecular formula is C9H9FN2. The second kappa shape index (κ2) is 2.30. The number of fused-ring (bicyclic) bond motifs is 1. The molecule has 1 N–H and O–H groups in total. The highest BCUT2D eigenvalue weighted by molar-refractivity contribution is 5.82. The van der Waals surface area contributed by atoms with E-state index in [0.717, 1.165) is 10.9 Å². The van der Waals surface area contributed by atoms with E-state index in [1.807, 2.05) is 0 Å². The quantitative estimate of drug-likeness (QED) is 0.636. The van der Waals surface area contributed by atoms with E-state index >= 15 is 0 Å². The van der Waals surface area contributed by atoms with Crippen molar-refractivity contribution >= 4 is 10.9 Å². The van der Waals surface area contributed by atoms with E-state index in [4.69, 9.17) is 0 Å². The lowest BCUT2D eigenvalue weighted by Gasteiger charge is -2.00. The molecule has 0 aliphatic carbocycles. The maximum Gasteiger partial charge on any atom is 0.129 e. The van der Waals surface area contributed by atoms with Crippen LogP contribution in [0.1, 0.15) is 11.1 Å². The monoisotopic (exact) mass is 164 g/mol. The molecular weight excluding hydrogens is 155 g/mol. The smallest absolute Gasteiger partial charge is 0.129 e. The van der Waals surface area contributed by atoms with E-state index in [2.05, 4.69) is 10.2 Å². The number of nitrogens with one attached hydrogen (secondary N) is 1. The molecule has 1 aromatic heterocycles. The van der Waals surface area contributed by atoms with Crippen molar-refractivity contribution in [1.29, 1.82) is 0 Å². The summed E-state index contributed by atoms with van der Waals surface area (Å²) in [4.78, 5) is 0. The molecule has 0 fully saturated rings. The van der Waals surface area contributed by atoms with E-state index in [9.17, 15) is 4.39 Å². The van der Waals surface area contributed by atoms with Crippen molar-refractivity contribution in [2.45, 2.75) is 13.8 Å². The number of H-pyrrole nitrogens is 1. The molecule has 1 aromatic carbocycles. The Kier molecular flexibility index (Phi) is 1.40. The number of aromatic amines is 1. The number of benzene rings is 1. The molecule has 12 heavy (non-hydrogen) atoms. The molecule has 2 nitrogen and oxygen atoms in total. The van der Waals surface area contributed by atoms with Crippen LogP contribution in [0.2, 0.25) is 0 Å². The number of hydrogen-bond acceptors (Lipinski definition) is 1. The predicted molar refractivity (Wildman–Crippen MR) is 45.5 cm³/mol. The number of aryl methyl sites for hydroxylation is 2. The van der Waals surface area contributed by atoms with Crippen LogP contribution in [0.3, 0.4) is 0 Å². The van der Waals surface area contributed by atoms with Crippen LogP contribution < -0.4 is 0 Å². The Hall–Kier alpha value is -1.38. The van der Waals surface area contributed by atoms with Crippen molar-refractivity contribution in [3.8, 4) is 0 Å². The van der Waals surface area contributed by atoms with Gasteiger partial charge in [0.2, 0.25) is 0 Å². The van der Waals surface area contributed by atoms with Crippen LogP contribution in [0.4, 0.5) is 4.39 Å². The molecule has 0 spiro atoms. The molecule has 0 amide bonds. The summed E-state index contributed by atoms with van der Waals surface area (Å²) in [6.45, 7) is 3.52. The topological polar surface area (TPSA) is 28.7 Å². The molecule has 0 saturated carbocycles. The van der Waals surface area contributed by atoms with Crippen LogP contribution in [0.25, 0.3) is 10.9 Å². The summed E-state index contributed by atoms with van der Waals surface area (Å²) >= 11 is 0. The molecule has 3 heteroatoms. The minimum absolute atomic E-state index is 0.135. The Morgan fingerprint density at radius 1 is 1.42 bits per heavy atom. The lowest BCUT2D eigenvalue weighted by Crippen LogP contribution is -1.87. The van der Waals surface area contributed by atoms with E-state index in [1.165, 1.54) is 0 Å². The van der Waals surface area contributed by atoms with Gasteiger partial charge in [0.25, 0.3) is 0 Å². The van der Waals surface area contributed by atoms with E-state index < -0.39 is 0 Å². The van der Waals surface area contributed by atoms with Crippen molar-refractivity contribution < 1.29 is 4.39 Å². The van der Waals surface area contributed by atoms with Gasteiger partial charge in [-0.25, -0.2) is 4.39 Å². The molecule has 0 aliphatic heterocycles. The maximum atomic E-state index is 13.3. The van der Waals surface area contributed by atoms with Gasteiger partial charge in [0.1, 0.15) is 5.82 Å². The van der Waals surface area contributed by atoms with Crippen LogP contribution in [0.5, 0.6) is 0 Å². The molecule has 0 atom stereocenters. The molecule has 62 valence electrons. The number of hydrogen-bond donors (Lipinski definition) is 1. The lowest BCUT2D eigenvalue weighted by molar-refractivity contribution is 0.612. The second-order valence-corrected chi connectivity index (χ2v) is 2.96. The van der Waals surface area contributed by atoms with Crippen LogP contribution in [0.15, 0.2) is 12.3 Å². The summed E-state index contributed by atoms with van der Waals surface area (Å²) in [6, 6.07) is 1.77. The van der Waals surface area contributed by atoms with Crippen molar-refractivity contribution in [2.24, 2.45) is 0 Å². The molecule has 1 heterocycles. The van der Waals surface area contributed by atoms with Crippen molar-refractivity contribution in [2.75, 3.05) is 0 Å². The highest BCUT2D eigenvalue weighted by Gasteiger charge is 2.07. The average Bonchev–Trinajstić information content (AvgIpc) is 2.48. The first-order valence-corrected chi connectivity index (χ1v) is 3.79. The van der Waals surface area contributed by atoms with Gasteiger partial charge in [0.15, 0.2) is 0 Å². The Bertz CT molecular complexity index is 431. The summed E-state index contributed by atoms with van der Waals surface area (Å²) in [6.07, 6.45) is 1.65. The maximum absolute atomic E-state index is 13.3. The van der Waals surface area contributed by atoms with Crippen molar-refractivity contribution in [1.82, 2.24) is 10.2 Å². The number of rotatable bonds is 0. The summed E-state index contributed by atoms with van der Waals surface area (Å²) in [7, 11) is 0. The van der Waals surface area contributed by atoms with E-state index in [1.54, 1.807) is 26.1 Å². The number of nitrogens with zero attached hydrogens (tertiary/aromatic N) is 1. The third-order valence-corrected chi connectivity index (χ3v) is 2.11. The van der Waals surface area contributed by atoms with Gasteiger partial charge in [0, 0.05) is 5.39 Å². The van der Waals surface area contributed by atoms with Gasteiger partial charge in [0.05, 0.1) is 11.7 Å². The number of aromatic nitrogens is 2. The fourth-order valence-corrected chi connectivity index (χ4v) is 1.40. The summed E-state index contributed by atoms with van der Waals surface area (Å²) in [5.74, 6) is -0.135. The third kappa shape index (κ3) is 0.826. The van der Waals surface area contributed by atoms with Gasteiger partial charge in [-0.3, -0.25) is 5.10 Å². The first-order valence-electron chi connectivity index (χ1n) is 3.79. The molecule has 0 aliphatic rings. The van der Waals surface area contributed by atoms with Gasteiger partial charge < -0.3 is 0 Å². The zero-order valence-electron chi connectivity index (χ0n) is 6.98. The fraction of sp³-hybridized carbons (Fsp3) is 0.222. The van der Waals surface area contributed by atoms with E-state index in [-0.39, 0.29) is 5.82 Å². The van der Waals surface area contributed by atoms with Crippen LogP contribution in [-0.2, 0) is 0 Å². The minimum atomic E-state index is -0.135. The molecule has 0 unspecified atom stereocenters. The average molecular weight is 164 g/mol. The van der Waals surface area contributed by atoms with Crippen LogP contribution >= 0.6 is 0 Å². The van der Waals surface area contributed by atoms with Crippen molar-refractivity contribution in [3.63, 3.8) is 0 Å². The summed E-state index contributed by atoms with van der Waals surface area (Å²) in [5, 5.41) is 7.52. The van der Waals surface area contributed by atoms with Gasteiger partial charge in [-0.05, 0) is 31.0 Å². The Morgan fingerprint density at radius 2 is 2.17 bits per heavy atom. The molecule has 2 aromatic rings.